The smallest absolute Gasteiger partial charge is 0.237 e. The highest BCUT2D eigenvalue weighted by Gasteiger charge is 2.27. The molecular weight excluding hydrogens is 202 g/mol. The first kappa shape index (κ1) is 13.5. The summed E-state index contributed by atoms with van der Waals surface area (Å²) in [6.45, 7) is 8.82. The lowest BCUT2D eigenvalue weighted by molar-refractivity contribution is -0.123. The SMILES string of the molecule is CCN(CCNC(=O)C(N)C(C)C)C1CC1. The molecule has 1 aliphatic rings. The van der Waals surface area contributed by atoms with Crippen LogP contribution in [0.25, 0.3) is 0 Å². The highest BCUT2D eigenvalue weighted by atomic mass is 16.2. The van der Waals surface area contributed by atoms with Gasteiger partial charge >= 0.3 is 0 Å². The zero-order valence-electron chi connectivity index (χ0n) is 10.7. The van der Waals surface area contributed by atoms with Crippen LogP contribution in [0, 0.1) is 5.92 Å². The average Bonchev–Trinajstić information content (AvgIpc) is 3.06. The molecule has 3 N–H and O–H groups in total. The summed E-state index contributed by atoms with van der Waals surface area (Å²) in [7, 11) is 0. The first-order valence-electron chi connectivity index (χ1n) is 6.33. The second-order valence-corrected chi connectivity index (χ2v) is 4.92. The molecule has 0 bridgehead atoms. The van der Waals surface area contributed by atoms with Gasteiger partial charge in [-0.15, -0.1) is 0 Å². The van der Waals surface area contributed by atoms with Crippen molar-refractivity contribution in [2.45, 2.75) is 45.7 Å². The minimum Gasteiger partial charge on any atom is -0.353 e. The van der Waals surface area contributed by atoms with Gasteiger partial charge in [0.05, 0.1) is 6.04 Å². The number of amides is 1. The van der Waals surface area contributed by atoms with Gasteiger partial charge in [-0.2, -0.15) is 0 Å². The fraction of sp³-hybridized carbons (Fsp3) is 0.917. The van der Waals surface area contributed by atoms with E-state index in [4.69, 9.17) is 5.73 Å². The third-order valence-corrected chi connectivity index (χ3v) is 3.19. The van der Waals surface area contributed by atoms with E-state index < -0.39 is 0 Å². The van der Waals surface area contributed by atoms with E-state index in [-0.39, 0.29) is 17.9 Å². The Morgan fingerprint density at radius 3 is 2.56 bits per heavy atom. The van der Waals surface area contributed by atoms with Crippen LogP contribution in [0.4, 0.5) is 0 Å². The second kappa shape index (κ2) is 6.21. The minimum atomic E-state index is -0.379. The number of rotatable bonds is 7. The summed E-state index contributed by atoms with van der Waals surface area (Å²) in [4.78, 5) is 14.0. The maximum atomic E-state index is 11.6. The molecule has 0 aromatic rings. The van der Waals surface area contributed by atoms with Gasteiger partial charge in [0.25, 0.3) is 0 Å². The molecule has 1 rings (SSSR count). The van der Waals surface area contributed by atoms with Crippen LogP contribution in [0.15, 0.2) is 0 Å². The first-order valence-corrected chi connectivity index (χ1v) is 6.33. The Hall–Kier alpha value is -0.610. The molecule has 4 nitrogen and oxygen atoms in total. The highest BCUT2D eigenvalue weighted by Crippen LogP contribution is 2.25. The number of hydrogen-bond donors (Lipinski definition) is 2. The van der Waals surface area contributed by atoms with Gasteiger partial charge in [0.1, 0.15) is 0 Å². The van der Waals surface area contributed by atoms with E-state index in [1.807, 2.05) is 13.8 Å². The van der Waals surface area contributed by atoms with Crippen molar-refractivity contribution in [1.29, 1.82) is 0 Å². The number of carbonyl (C=O) groups is 1. The van der Waals surface area contributed by atoms with Crippen molar-refractivity contribution in [2.75, 3.05) is 19.6 Å². The maximum Gasteiger partial charge on any atom is 0.237 e. The van der Waals surface area contributed by atoms with E-state index in [0.29, 0.717) is 6.54 Å². The van der Waals surface area contributed by atoms with Crippen LogP contribution in [0.1, 0.15) is 33.6 Å². The average molecular weight is 227 g/mol. The van der Waals surface area contributed by atoms with Gasteiger partial charge in [-0.25, -0.2) is 0 Å². The number of nitrogens with two attached hydrogens (primary N) is 1. The topological polar surface area (TPSA) is 58.4 Å². The van der Waals surface area contributed by atoms with E-state index in [1.54, 1.807) is 0 Å². The summed E-state index contributed by atoms with van der Waals surface area (Å²) in [6, 6.07) is 0.386. The van der Waals surface area contributed by atoms with Crippen LogP contribution in [0.3, 0.4) is 0 Å². The predicted molar refractivity (Wildman–Crippen MR) is 66.1 cm³/mol. The van der Waals surface area contributed by atoms with Crippen molar-refractivity contribution in [1.82, 2.24) is 10.2 Å². The molecule has 1 atom stereocenters. The number of carbonyl (C=O) groups excluding carboxylic acids is 1. The quantitative estimate of drug-likeness (QED) is 0.668. The van der Waals surface area contributed by atoms with Crippen LogP contribution in [0.2, 0.25) is 0 Å². The maximum absolute atomic E-state index is 11.6. The van der Waals surface area contributed by atoms with Crippen molar-refractivity contribution >= 4 is 5.91 Å². The van der Waals surface area contributed by atoms with Gasteiger partial charge in [-0.05, 0) is 25.3 Å². The van der Waals surface area contributed by atoms with Gasteiger partial charge in [0.15, 0.2) is 0 Å². The van der Waals surface area contributed by atoms with Gasteiger partial charge in [-0.1, -0.05) is 20.8 Å². The summed E-state index contributed by atoms with van der Waals surface area (Å²) in [5.41, 5.74) is 5.76. The Kier molecular flexibility index (Phi) is 5.22. The number of nitrogens with zero attached hydrogens (tertiary/aromatic N) is 1. The highest BCUT2D eigenvalue weighted by molar-refractivity contribution is 5.81. The van der Waals surface area contributed by atoms with Gasteiger partial charge in [0, 0.05) is 19.1 Å². The summed E-state index contributed by atoms with van der Waals surface area (Å²) in [5.74, 6) is 0.174. The fourth-order valence-electron chi connectivity index (χ4n) is 1.78. The van der Waals surface area contributed by atoms with Gasteiger partial charge in [-0.3, -0.25) is 9.69 Å². The van der Waals surface area contributed by atoms with Crippen molar-refractivity contribution in [3.63, 3.8) is 0 Å². The fourth-order valence-corrected chi connectivity index (χ4v) is 1.78. The van der Waals surface area contributed by atoms with Crippen LogP contribution in [-0.2, 0) is 4.79 Å². The lowest BCUT2D eigenvalue weighted by atomic mass is 10.1. The van der Waals surface area contributed by atoms with E-state index in [0.717, 1.165) is 19.1 Å². The molecule has 1 amide bonds. The Morgan fingerprint density at radius 2 is 2.12 bits per heavy atom. The molecule has 1 saturated carbocycles. The van der Waals surface area contributed by atoms with Crippen LogP contribution in [-0.4, -0.2) is 42.5 Å². The van der Waals surface area contributed by atoms with E-state index >= 15 is 0 Å². The van der Waals surface area contributed by atoms with Crippen molar-refractivity contribution in [3.05, 3.63) is 0 Å². The zero-order valence-corrected chi connectivity index (χ0v) is 10.7. The molecule has 16 heavy (non-hydrogen) atoms. The Bertz CT molecular complexity index is 226. The van der Waals surface area contributed by atoms with E-state index in [2.05, 4.69) is 17.1 Å². The van der Waals surface area contributed by atoms with Crippen LogP contribution in [0.5, 0.6) is 0 Å². The summed E-state index contributed by atoms with van der Waals surface area (Å²) in [6.07, 6.45) is 2.63. The standard InChI is InChI=1S/C12H25N3O/c1-4-15(10-5-6-10)8-7-14-12(16)11(13)9(2)3/h9-11H,4-8,13H2,1-3H3,(H,14,16). The zero-order chi connectivity index (χ0) is 12.1. The van der Waals surface area contributed by atoms with E-state index in [1.165, 1.54) is 12.8 Å². The van der Waals surface area contributed by atoms with Gasteiger partial charge in [0.2, 0.25) is 5.91 Å². The largest absolute Gasteiger partial charge is 0.353 e. The molecule has 0 spiro atoms. The van der Waals surface area contributed by atoms with Crippen molar-refractivity contribution in [3.8, 4) is 0 Å². The third-order valence-electron chi connectivity index (χ3n) is 3.19. The van der Waals surface area contributed by atoms with Crippen molar-refractivity contribution in [2.24, 2.45) is 11.7 Å². The molecule has 0 aromatic carbocycles. The third kappa shape index (κ3) is 4.10. The second-order valence-electron chi connectivity index (χ2n) is 4.92. The van der Waals surface area contributed by atoms with Crippen LogP contribution < -0.4 is 11.1 Å². The first-order chi connectivity index (χ1) is 7.56. The number of likely N-dealkylation sites (N-methyl/N-ethyl adjacent to an activating group) is 1. The molecule has 1 unspecified atom stereocenters. The molecule has 0 saturated heterocycles. The summed E-state index contributed by atoms with van der Waals surface area (Å²) < 4.78 is 0. The Labute approximate surface area is 98.6 Å². The van der Waals surface area contributed by atoms with Crippen molar-refractivity contribution < 1.29 is 4.79 Å². The molecule has 0 radical (unpaired) electrons. The van der Waals surface area contributed by atoms with E-state index in [9.17, 15) is 4.79 Å². The molecule has 0 heterocycles. The molecule has 0 aliphatic heterocycles. The molecule has 1 fully saturated rings. The number of hydrogen-bond acceptors (Lipinski definition) is 3. The monoisotopic (exact) mass is 227 g/mol. The summed E-state index contributed by atoms with van der Waals surface area (Å²) in [5, 5.41) is 2.91. The minimum absolute atomic E-state index is 0.0261. The lowest BCUT2D eigenvalue weighted by Crippen LogP contribution is -2.46. The molecule has 94 valence electrons. The Balaban J connectivity index is 2.16. The molecule has 1 aliphatic carbocycles. The Morgan fingerprint density at radius 1 is 1.50 bits per heavy atom. The molecule has 0 aromatic heterocycles. The molecular formula is C12H25N3O. The normalized spacial score (nSPS) is 17.9. The predicted octanol–water partition coefficient (Wildman–Crippen LogP) is 0.570. The molecule has 4 heteroatoms. The lowest BCUT2D eigenvalue weighted by Gasteiger charge is -2.21. The number of nitrogens with one attached hydrogen (secondary N) is 1. The van der Waals surface area contributed by atoms with Crippen LogP contribution >= 0.6 is 0 Å². The van der Waals surface area contributed by atoms with Gasteiger partial charge < -0.3 is 11.1 Å². The summed E-state index contributed by atoms with van der Waals surface area (Å²) >= 11 is 0.